The Morgan fingerprint density at radius 1 is 0.623 bits per heavy atom. The maximum Gasteiger partial charge on any atom is 0.306 e. The summed E-state index contributed by atoms with van der Waals surface area (Å²) < 4.78 is 64.0. The molecule has 0 saturated carbocycles. The lowest BCUT2D eigenvalue weighted by Gasteiger charge is -2.32. The van der Waals surface area contributed by atoms with Crippen molar-refractivity contribution in [3.63, 3.8) is 0 Å². The van der Waals surface area contributed by atoms with Crippen LogP contribution in [0.1, 0.15) is 60.3 Å². The number of hydrogen-bond acceptors (Lipinski definition) is 9. The van der Waals surface area contributed by atoms with Crippen LogP contribution in [0.3, 0.4) is 0 Å². The molecule has 2 saturated heterocycles. The summed E-state index contributed by atoms with van der Waals surface area (Å²) in [5.41, 5.74) is 8.88. The summed E-state index contributed by atoms with van der Waals surface area (Å²) in [4.78, 5) is 36.4. The summed E-state index contributed by atoms with van der Waals surface area (Å²) in [6.07, 6.45) is 5.06. The Morgan fingerprint density at radius 2 is 1.06 bits per heavy atom. The maximum atomic E-state index is 13.7. The fraction of sp³-hybridized carbons (Fsp3) is 0.308. The van der Waals surface area contributed by atoms with E-state index >= 15 is 0 Å². The van der Waals surface area contributed by atoms with E-state index < -0.39 is 17.8 Å². The molecule has 2 aliphatic heterocycles. The van der Waals surface area contributed by atoms with Crippen molar-refractivity contribution in [3.8, 4) is 11.5 Å². The van der Waals surface area contributed by atoms with Crippen molar-refractivity contribution in [2.45, 2.75) is 37.8 Å². The Balaban J connectivity index is 0.000000188. The molecule has 4 heterocycles. The Kier molecular flexibility index (Phi) is 20.2. The van der Waals surface area contributed by atoms with Crippen LogP contribution in [0, 0.1) is 35.1 Å². The number of para-hydroxylation sites is 2. The topological polar surface area (TPSA) is 143 Å². The van der Waals surface area contributed by atoms with Crippen molar-refractivity contribution in [3.05, 3.63) is 190 Å². The third-order valence-corrected chi connectivity index (χ3v) is 12.2. The lowest BCUT2D eigenvalue weighted by Crippen LogP contribution is -2.43. The molecule has 2 aromatic heterocycles. The van der Waals surface area contributed by atoms with Gasteiger partial charge in [0.1, 0.15) is 24.8 Å². The number of amides is 1. The number of benzene rings is 4. The van der Waals surface area contributed by atoms with Crippen LogP contribution in [-0.4, -0.2) is 89.2 Å². The van der Waals surface area contributed by atoms with Gasteiger partial charge in [-0.25, -0.2) is 17.6 Å². The molecule has 4 aromatic carbocycles. The Labute approximate surface area is 409 Å². The quantitative estimate of drug-likeness (QED) is 0.0852. The average molecular weight is 990 g/mol. The summed E-state index contributed by atoms with van der Waals surface area (Å²) in [7, 11) is 0. The first kappa shape index (κ1) is 52.3. The van der Waals surface area contributed by atoms with Crippen LogP contribution in [0.4, 0.5) is 17.6 Å². The summed E-state index contributed by atoms with van der Waals surface area (Å²) >= 11 is 11.8. The van der Waals surface area contributed by atoms with E-state index in [-0.39, 0.29) is 52.7 Å². The van der Waals surface area contributed by atoms with Gasteiger partial charge in [-0.15, -0.1) is 0 Å². The van der Waals surface area contributed by atoms with Crippen LogP contribution in [0.15, 0.2) is 134 Å². The monoisotopic (exact) mass is 988 g/mol. The van der Waals surface area contributed by atoms with Crippen LogP contribution >= 0.6 is 23.2 Å². The number of carbonyl (C=O) groups is 2. The lowest BCUT2D eigenvalue weighted by atomic mass is 9.94. The molecular weight excluding hydrogens is 936 g/mol. The third kappa shape index (κ3) is 16.5. The number of carboxylic acids is 1. The molecule has 2 aliphatic rings. The fourth-order valence-corrected chi connectivity index (χ4v) is 7.98. The van der Waals surface area contributed by atoms with Crippen molar-refractivity contribution in [1.29, 1.82) is 0 Å². The number of carboxylic acid groups (broad SMARTS) is 1. The number of halogens is 6. The number of nitrogens with two attached hydrogens (primary N) is 1. The number of nitrogens with one attached hydrogen (secondary N) is 1. The Hall–Kier alpha value is -6.10. The molecule has 0 aliphatic carbocycles. The summed E-state index contributed by atoms with van der Waals surface area (Å²) in [6.45, 7) is 5.18. The number of likely N-dealkylation sites (tertiary alicyclic amines) is 2. The predicted molar refractivity (Wildman–Crippen MR) is 257 cm³/mol. The molecule has 6 aromatic rings. The van der Waals surface area contributed by atoms with Gasteiger partial charge in [0, 0.05) is 29.1 Å². The van der Waals surface area contributed by atoms with Crippen molar-refractivity contribution in [1.82, 2.24) is 25.1 Å². The molecule has 4 N–H and O–H groups in total. The highest BCUT2D eigenvalue weighted by molar-refractivity contribution is 6.30. The predicted octanol–water partition coefficient (Wildman–Crippen LogP) is 9.93. The summed E-state index contributed by atoms with van der Waals surface area (Å²) in [5, 5.41) is 13.2. The molecule has 1 amide bonds. The minimum atomic E-state index is -0.706. The SMILES string of the molecule is NC(c1ccc(Cl)cc1)c1ccc(F)cn1.O=C(NC(c1ccc(Cl)cc1)c1ccc(F)cn1)C1CCN(CCOc2ccccc2F)CC1.O=C(O)C1CCN(CCOc2ccccc2F)CC1. The van der Waals surface area contributed by atoms with E-state index in [0.29, 0.717) is 73.4 Å². The van der Waals surface area contributed by atoms with Crippen LogP contribution < -0.4 is 20.5 Å². The molecule has 2 fully saturated rings. The molecule has 0 spiro atoms. The number of carbonyl (C=O) groups excluding carboxylic acids is 1. The van der Waals surface area contributed by atoms with Gasteiger partial charge in [0.15, 0.2) is 23.1 Å². The van der Waals surface area contributed by atoms with Crippen molar-refractivity contribution in [2.75, 3.05) is 52.5 Å². The zero-order valence-corrected chi connectivity index (χ0v) is 39.2. The lowest BCUT2D eigenvalue weighted by molar-refractivity contribution is -0.143. The molecule has 69 heavy (non-hydrogen) atoms. The highest BCUT2D eigenvalue weighted by Gasteiger charge is 2.28. The largest absolute Gasteiger partial charge is 0.489 e. The molecule has 11 nitrogen and oxygen atoms in total. The van der Waals surface area contributed by atoms with Gasteiger partial charge in [0.25, 0.3) is 0 Å². The number of aliphatic carboxylic acids is 1. The Bertz CT molecular complexity index is 2420. The number of aromatic nitrogens is 2. The molecule has 0 bridgehead atoms. The molecule has 8 rings (SSSR count). The maximum absolute atomic E-state index is 13.7. The van der Waals surface area contributed by atoms with Crippen LogP contribution in [0.25, 0.3) is 0 Å². The number of hydrogen-bond donors (Lipinski definition) is 3. The first-order chi connectivity index (χ1) is 33.3. The van der Waals surface area contributed by atoms with Gasteiger partial charge in [-0.2, -0.15) is 0 Å². The zero-order chi connectivity index (χ0) is 49.1. The van der Waals surface area contributed by atoms with Gasteiger partial charge in [0.05, 0.1) is 41.8 Å². The number of nitrogens with zero attached hydrogens (tertiary/aromatic N) is 4. The van der Waals surface area contributed by atoms with Gasteiger partial charge < -0.3 is 25.6 Å². The van der Waals surface area contributed by atoms with Crippen molar-refractivity contribution < 1.29 is 41.7 Å². The van der Waals surface area contributed by atoms with Gasteiger partial charge in [-0.05, 0) is 136 Å². The Morgan fingerprint density at radius 3 is 1.49 bits per heavy atom. The van der Waals surface area contributed by atoms with Gasteiger partial charge in [-0.1, -0.05) is 71.7 Å². The average Bonchev–Trinajstić information content (AvgIpc) is 3.36. The molecule has 0 radical (unpaired) electrons. The highest BCUT2D eigenvalue weighted by Crippen LogP contribution is 2.26. The van der Waals surface area contributed by atoms with Crippen LogP contribution in [-0.2, 0) is 9.59 Å². The van der Waals surface area contributed by atoms with Gasteiger partial charge in [0.2, 0.25) is 5.91 Å². The molecular formula is C52H54Cl2F4N6O5. The standard InChI is InChI=1S/C26H26ClF2N3O2.C14H18FNO3.C12H10ClFN2/c27-20-7-5-18(6-8-20)25(23-10-9-21(28)17-30-23)31-26(33)19-11-13-32(14-12-19)15-16-34-24-4-2-1-3-22(24)29;15-12-3-1-2-4-13(12)19-10-9-16-7-5-11(6-8-16)14(17)18;13-9-3-1-8(2-4-9)12(15)11-6-5-10(14)7-16-11/h1-10,17,19,25H,11-16H2,(H,31,33);1-4,11H,5-10H2,(H,17,18);1-7,12H,15H2. The smallest absolute Gasteiger partial charge is 0.306 e. The fourth-order valence-electron chi connectivity index (χ4n) is 7.73. The number of rotatable bonds is 15. The number of piperidine rings is 2. The second-order valence-electron chi connectivity index (χ2n) is 16.5. The van der Waals surface area contributed by atoms with Crippen molar-refractivity contribution >= 4 is 35.1 Å². The van der Waals surface area contributed by atoms with E-state index in [2.05, 4.69) is 25.1 Å². The molecule has 17 heteroatoms. The third-order valence-electron chi connectivity index (χ3n) is 11.7. The van der Waals surface area contributed by atoms with E-state index in [0.717, 1.165) is 49.7 Å². The normalized spacial score (nSPS) is 15.3. The van der Waals surface area contributed by atoms with E-state index in [1.165, 1.54) is 24.3 Å². The zero-order valence-electron chi connectivity index (χ0n) is 37.7. The number of ether oxygens (including phenoxy) is 2. The minimum Gasteiger partial charge on any atom is -0.489 e. The second kappa shape index (κ2) is 26.6. The molecule has 364 valence electrons. The molecule has 2 unspecified atom stereocenters. The van der Waals surface area contributed by atoms with E-state index in [1.54, 1.807) is 72.8 Å². The van der Waals surface area contributed by atoms with Gasteiger partial charge >= 0.3 is 5.97 Å². The van der Waals surface area contributed by atoms with Crippen LogP contribution in [0.5, 0.6) is 11.5 Å². The van der Waals surface area contributed by atoms with Crippen molar-refractivity contribution in [2.24, 2.45) is 17.6 Å². The number of pyridine rings is 2. The minimum absolute atomic E-state index is 0.0617. The van der Waals surface area contributed by atoms with E-state index in [4.69, 9.17) is 43.5 Å². The van der Waals surface area contributed by atoms with Crippen LogP contribution in [0.2, 0.25) is 10.0 Å². The van der Waals surface area contributed by atoms with E-state index in [1.807, 2.05) is 24.3 Å². The first-order valence-corrected chi connectivity index (χ1v) is 23.3. The highest BCUT2D eigenvalue weighted by atomic mass is 35.5. The first-order valence-electron chi connectivity index (χ1n) is 22.5. The second-order valence-corrected chi connectivity index (χ2v) is 17.3. The summed E-state index contributed by atoms with van der Waals surface area (Å²) in [5.74, 6) is -2.14. The summed E-state index contributed by atoms with van der Waals surface area (Å²) in [6, 6.07) is 32.0. The molecule has 2 atom stereocenters. The van der Waals surface area contributed by atoms with Gasteiger partial charge in [-0.3, -0.25) is 29.4 Å². The van der Waals surface area contributed by atoms with E-state index in [9.17, 15) is 27.2 Å².